The molecule has 0 aliphatic carbocycles. The summed E-state index contributed by atoms with van der Waals surface area (Å²) in [6.07, 6.45) is 0.796. The van der Waals surface area contributed by atoms with E-state index in [0.717, 1.165) is 16.7 Å². The first-order valence-corrected chi connectivity index (χ1v) is 12.4. The maximum absolute atomic E-state index is 13.0. The average molecular weight is 456 g/mol. The number of nitrogens with zero attached hydrogens (tertiary/aromatic N) is 3. The molecule has 2 amide bonds. The van der Waals surface area contributed by atoms with Crippen LogP contribution >= 0.6 is 0 Å². The van der Waals surface area contributed by atoms with Gasteiger partial charge in [-0.3, -0.25) is 19.4 Å². The highest BCUT2D eigenvalue weighted by molar-refractivity contribution is 7.89. The molecule has 32 heavy (non-hydrogen) atoms. The summed E-state index contributed by atoms with van der Waals surface area (Å²) in [5.74, 6) is -0.322. The van der Waals surface area contributed by atoms with Gasteiger partial charge >= 0.3 is 0 Å². The molecule has 0 spiro atoms. The largest absolute Gasteiger partial charge is 0.289 e. The molecule has 0 aromatic heterocycles. The van der Waals surface area contributed by atoms with Gasteiger partial charge in [-0.25, -0.2) is 8.42 Å². The van der Waals surface area contributed by atoms with Crippen LogP contribution in [0.2, 0.25) is 0 Å². The van der Waals surface area contributed by atoms with Gasteiger partial charge in [-0.2, -0.15) is 4.31 Å². The Hall–Kier alpha value is -2.55. The summed E-state index contributed by atoms with van der Waals surface area (Å²) < 4.78 is 27.6. The second-order valence-electron chi connectivity index (χ2n) is 8.53. The summed E-state index contributed by atoms with van der Waals surface area (Å²) in [7, 11) is -3.58. The minimum absolute atomic E-state index is 0.152. The van der Waals surface area contributed by atoms with E-state index in [2.05, 4.69) is 0 Å². The molecule has 2 saturated heterocycles. The van der Waals surface area contributed by atoms with E-state index in [1.807, 2.05) is 55.1 Å². The standard InChI is InChI=1S/C24H29N3O4S/c1-18-8-9-21(16-19(18)2)32(30,31)26-14-12-25(13-15-26)22-17-23(28)27(24(22)29)11-10-20-6-4-3-5-7-20/h3-9,16,22H,10-15,17H2,1-2H3/t22-/m0/s1. The topological polar surface area (TPSA) is 78.0 Å². The number of sulfonamides is 1. The molecule has 2 aliphatic heterocycles. The number of hydrogen-bond acceptors (Lipinski definition) is 5. The molecule has 2 fully saturated rings. The minimum Gasteiger partial charge on any atom is -0.289 e. The first-order chi connectivity index (χ1) is 15.3. The van der Waals surface area contributed by atoms with Gasteiger partial charge in [-0.15, -0.1) is 0 Å². The summed E-state index contributed by atoms with van der Waals surface area (Å²) in [6.45, 7) is 5.69. The minimum atomic E-state index is -3.58. The fraction of sp³-hybridized carbons (Fsp3) is 0.417. The van der Waals surface area contributed by atoms with Crippen molar-refractivity contribution in [3.8, 4) is 0 Å². The predicted octanol–water partition coefficient (Wildman–Crippen LogP) is 1.98. The van der Waals surface area contributed by atoms with Crippen LogP contribution in [0.25, 0.3) is 0 Å². The Morgan fingerprint density at radius 1 is 0.906 bits per heavy atom. The summed E-state index contributed by atoms with van der Waals surface area (Å²) in [5.41, 5.74) is 3.08. The van der Waals surface area contributed by atoms with E-state index in [1.54, 1.807) is 12.1 Å². The molecule has 0 bridgehead atoms. The number of amides is 2. The van der Waals surface area contributed by atoms with E-state index in [1.165, 1.54) is 9.21 Å². The van der Waals surface area contributed by atoms with Gasteiger partial charge in [0.1, 0.15) is 0 Å². The molecular weight excluding hydrogens is 426 g/mol. The van der Waals surface area contributed by atoms with Crippen LogP contribution in [0, 0.1) is 13.8 Å². The van der Waals surface area contributed by atoms with Gasteiger partial charge in [0.25, 0.3) is 0 Å². The summed E-state index contributed by atoms with van der Waals surface area (Å²) in [4.78, 5) is 29.0. The maximum Gasteiger partial charge on any atom is 0.247 e. The highest BCUT2D eigenvalue weighted by Crippen LogP contribution is 2.24. The van der Waals surface area contributed by atoms with Crippen molar-refractivity contribution >= 4 is 21.8 Å². The van der Waals surface area contributed by atoms with Crippen molar-refractivity contribution in [2.75, 3.05) is 32.7 Å². The lowest BCUT2D eigenvalue weighted by Gasteiger charge is -2.36. The van der Waals surface area contributed by atoms with Crippen molar-refractivity contribution in [1.29, 1.82) is 0 Å². The Balaban J connectivity index is 1.37. The molecule has 0 radical (unpaired) electrons. The van der Waals surface area contributed by atoms with Crippen LogP contribution in [0.5, 0.6) is 0 Å². The Labute approximate surface area is 189 Å². The Bertz CT molecular complexity index is 1110. The molecule has 1 atom stereocenters. The molecule has 2 aromatic rings. The van der Waals surface area contributed by atoms with E-state index in [-0.39, 0.29) is 18.2 Å². The van der Waals surface area contributed by atoms with Crippen LogP contribution in [0.1, 0.15) is 23.1 Å². The fourth-order valence-electron chi connectivity index (χ4n) is 4.35. The van der Waals surface area contributed by atoms with E-state index in [4.69, 9.17) is 0 Å². The molecule has 8 heteroatoms. The smallest absolute Gasteiger partial charge is 0.247 e. The number of carbonyl (C=O) groups excluding carboxylic acids is 2. The highest BCUT2D eigenvalue weighted by atomic mass is 32.2. The third-order valence-electron chi connectivity index (χ3n) is 6.52. The monoisotopic (exact) mass is 455 g/mol. The van der Waals surface area contributed by atoms with Crippen molar-refractivity contribution in [3.05, 3.63) is 65.2 Å². The predicted molar refractivity (Wildman–Crippen MR) is 122 cm³/mol. The van der Waals surface area contributed by atoms with Crippen molar-refractivity contribution < 1.29 is 18.0 Å². The summed E-state index contributed by atoms with van der Waals surface area (Å²) in [5, 5.41) is 0. The SMILES string of the molecule is Cc1ccc(S(=O)(=O)N2CCN([C@H]3CC(=O)N(CCc4ccccc4)C3=O)CC2)cc1C. The zero-order valence-electron chi connectivity index (χ0n) is 18.5. The lowest BCUT2D eigenvalue weighted by molar-refractivity contribution is -0.139. The van der Waals surface area contributed by atoms with Crippen LogP contribution < -0.4 is 0 Å². The van der Waals surface area contributed by atoms with Gasteiger partial charge in [0.15, 0.2) is 0 Å². The van der Waals surface area contributed by atoms with Crippen LogP contribution in [0.4, 0.5) is 0 Å². The number of carbonyl (C=O) groups is 2. The zero-order chi connectivity index (χ0) is 22.9. The summed E-state index contributed by atoms with van der Waals surface area (Å²) >= 11 is 0. The van der Waals surface area contributed by atoms with Crippen LogP contribution in [0.15, 0.2) is 53.4 Å². The van der Waals surface area contributed by atoms with Crippen molar-refractivity contribution in [3.63, 3.8) is 0 Å². The maximum atomic E-state index is 13.0. The number of hydrogen-bond donors (Lipinski definition) is 0. The second kappa shape index (κ2) is 9.13. The normalized spacial score (nSPS) is 20.8. The van der Waals surface area contributed by atoms with Gasteiger partial charge in [0.2, 0.25) is 21.8 Å². The number of imide groups is 1. The zero-order valence-corrected chi connectivity index (χ0v) is 19.3. The van der Waals surface area contributed by atoms with Crippen LogP contribution in [0.3, 0.4) is 0 Å². The molecule has 170 valence electrons. The molecule has 0 N–H and O–H groups in total. The van der Waals surface area contributed by atoms with E-state index in [0.29, 0.717) is 44.0 Å². The first-order valence-electron chi connectivity index (χ1n) is 11.0. The van der Waals surface area contributed by atoms with Gasteiger partial charge in [-0.05, 0) is 49.1 Å². The molecule has 2 heterocycles. The Morgan fingerprint density at radius 3 is 2.25 bits per heavy atom. The quantitative estimate of drug-likeness (QED) is 0.623. The second-order valence-corrected chi connectivity index (χ2v) is 10.5. The fourth-order valence-corrected chi connectivity index (χ4v) is 5.86. The molecule has 2 aromatic carbocycles. The van der Waals surface area contributed by atoms with Crippen LogP contribution in [-0.2, 0) is 26.0 Å². The molecule has 4 rings (SSSR count). The number of piperazine rings is 1. The average Bonchev–Trinajstić information content (AvgIpc) is 3.08. The third kappa shape index (κ3) is 4.48. The summed E-state index contributed by atoms with van der Waals surface area (Å²) in [6, 6.07) is 14.5. The highest BCUT2D eigenvalue weighted by Gasteiger charge is 2.43. The molecule has 0 saturated carbocycles. The van der Waals surface area contributed by atoms with Crippen molar-refractivity contribution in [2.24, 2.45) is 0 Å². The lowest BCUT2D eigenvalue weighted by atomic mass is 10.1. The van der Waals surface area contributed by atoms with Gasteiger partial charge in [0.05, 0.1) is 17.4 Å². The Morgan fingerprint density at radius 2 is 1.59 bits per heavy atom. The third-order valence-corrected chi connectivity index (χ3v) is 8.41. The first kappa shape index (κ1) is 22.6. The van der Waals surface area contributed by atoms with E-state index in [9.17, 15) is 18.0 Å². The number of benzene rings is 2. The molecule has 0 unspecified atom stereocenters. The van der Waals surface area contributed by atoms with E-state index < -0.39 is 16.1 Å². The lowest BCUT2D eigenvalue weighted by Crippen LogP contribution is -2.53. The molecule has 2 aliphatic rings. The van der Waals surface area contributed by atoms with Gasteiger partial charge < -0.3 is 0 Å². The van der Waals surface area contributed by atoms with Gasteiger partial charge in [0, 0.05) is 32.7 Å². The van der Waals surface area contributed by atoms with Gasteiger partial charge in [-0.1, -0.05) is 36.4 Å². The molecular formula is C24H29N3O4S. The number of rotatable bonds is 6. The Kier molecular flexibility index (Phi) is 6.46. The van der Waals surface area contributed by atoms with Crippen molar-refractivity contribution in [2.45, 2.75) is 37.6 Å². The van der Waals surface area contributed by atoms with Crippen LogP contribution in [-0.4, -0.2) is 73.1 Å². The van der Waals surface area contributed by atoms with E-state index >= 15 is 0 Å². The van der Waals surface area contributed by atoms with Crippen molar-refractivity contribution in [1.82, 2.24) is 14.1 Å². The number of aryl methyl sites for hydroxylation is 2. The molecule has 7 nitrogen and oxygen atoms in total. The number of likely N-dealkylation sites (tertiary alicyclic amines) is 1.